The van der Waals surface area contributed by atoms with Crippen molar-refractivity contribution < 1.29 is 22.8 Å². The third-order valence-electron chi connectivity index (χ3n) is 5.12. The van der Waals surface area contributed by atoms with E-state index < -0.39 is 23.6 Å². The molecule has 2 aromatic rings. The number of nitriles is 1. The van der Waals surface area contributed by atoms with Crippen LogP contribution >= 0.6 is 11.3 Å². The number of nitrogens with zero attached hydrogens (tertiary/aromatic N) is 2. The number of hydrogen-bond acceptors (Lipinski definition) is 5. The van der Waals surface area contributed by atoms with Crippen LogP contribution in [0.15, 0.2) is 24.3 Å². The van der Waals surface area contributed by atoms with Crippen molar-refractivity contribution in [3.8, 4) is 6.07 Å². The molecule has 0 bridgehead atoms. The number of para-hydroxylation sites is 1. The number of benzene rings is 1. The highest BCUT2D eigenvalue weighted by Crippen LogP contribution is 2.37. The van der Waals surface area contributed by atoms with Crippen LogP contribution in [0.3, 0.4) is 0 Å². The summed E-state index contributed by atoms with van der Waals surface area (Å²) in [6.07, 6.45) is 0.317. The molecule has 6 nitrogen and oxygen atoms in total. The molecule has 0 radical (unpaired) electrons. The third kappa shape index (κ3) is 5.87. The molecule has 2 amide bonds. The number of carbonyl (C=O) groups is 2. The molecule has 1 aliphatic carbocycles. The Labute approximate surface area is 188 Å². The molecule has 1 heterocycles. The number of carbonyl (C=O) groups excluding carboxylic acids is 2. The smallest absolute Gasteiger partial charge is 0.324 e. The average Bonchev–Trinajstić information content (AvgIpc) is 2.86. The number of fused-ring (bicyclic) bond motifs is 1. The molecule has 0 fully saturated rings. The number of anilines is 2. The highest BCUT2D eigenvalue weighted by molar-refractivity contribution is 7.16. The molecule has 1 aliphatic rings. The molecule has 0 saturated carbocycles. The Morgan fingerprint density at radius 1 is 1.09 bits per heavy atom. The monoisotopic (exact) mass is 464 g/mol. The van der Waals surface area contributed by atoms with Gasteiger partial charge >= 0.3 is 6.18 Å². The standard InChI is InChI=1S/C22H23F3N4O2S/c1-29(12-19(30)27-17-9-6-5-8-16(17)22(23,24)25)13-20(31)28-21-15(11-26)14-7-3-2-4-10-18(14)32-21/h5-6,8-9H,2-4,7,10,12-13H2,1H3,(H,27,30)(H,28,31). The van der Waals surface area contributed by atoms with Crippen molar-refractivity contribution in [3.05, 3.63) is 45.8 Å². The maximum absolute atomic E-state index is 13.1. The predicted octanol–water partition coefficient (Wildman–Crippen LogP) is 4.42. The van der Waals surface area contributed by atoms with Crippen LogP contribution in [0.25, 0.3) is 0 Å². The minimum atomic E-state index is -4.59. The zero-order valence-corrected chi connectivity index (χ0v) is 18.3. The second kappa shape index (κ2) is 10.1. The topological polar surface area (TPSA) is 85.2 Å². The summed E-state index contributed by atoms with van der Waals surface area (Å²) in [5, 5.41) is 15.1. The van der Waals surface area contributed by atoms with Crippen LogP contribution in [0.1, 0.15) is 40.8 Å². The van der Waals surface area contributed by atoms with Gasteiger partial charge in [-0.25, -0.2) is 0 Å². The molecule has 170 valence electrons. The van der Waals surface area contributed by atoms with Gasteiger partial charge in [-0.1, -0.05) is 18.6 Å². The number of amides is 2. The molecule has 32 heavy (non-hydrogen) atoms. The molecule has 10 heteroatoms. The van der Waals surface area contributed by atoms with Gasteiger partial charge in [-0.3, -0.25) is 14.5 Å². The van der Waals surface area contributed by atoms with Gasteiger partial charge in [0, 0.05) is 4.88 Å². The first-order valence-corrected chi connectivity index (χ1v) is 11.0. The van der Waals surface area contributed by atoms with Crippen LogP contribution in [0.2, 0.25) is 0 Å². The van der Waals surface area contributed by atoms with E-state index in [2.05, 4.69) is 16.7 Å². The maximum atomic E-state index is 13.1. The van der Waals surface area contributed by atoms with Gasteiger partial charge in [0.05, 0.1) is 29.9 Å². The number of alkyl halides is 3. The molecule has 0 saturated heterocycles. The van der Waals surface area contributed by atoms with Gasteiger partial charge < -0.3 is 10.6 Å². The van der Waals surface area contributed by atoms with Crippen molar-refractivity contribution in [2.24, 2.45) is 0 Å². The number of rotatable bonds is 6. The second-order valence-corrected chi connectivity index (χ2v) is 8.80. The van der Waals surface area contributed by atoms with E-state index in [9.17, 15) is 28.0 Å². The van der Waals surface area contributed by atoms with Gasteiger partial charge in [0.25, 0.3) is 0 Å². The van der Waals surface area contributed by atoms with E-state index in [1.54, 1.807) is 0 Å². The average molecular weight is 465 g/mol. The summed E-state index contributed by atoms with van der Waals surface area (Å²) in [5.41, 5.74) is 0.252. The summed E-state index contributed by atoms with van der Waals surface area (Å²) in [6, 6.07) is 6.91. The summed E-state index contributed by atoms with van der Waals surface area (Å²) < 4.78 is 39.2. The van der Waals surface area contributed by atoms with Crippen LogP contribution in [0.5, 0.6) is 0 Å². The molecule has 0 spiro atoms. The Bertz CT molecular complexity index is 1040. The van der Waals surface area contributed by atoms with E-state index in [0.717, 1.165) is 48.6 Å². The molecule has 0 atom stereocenters. The largest absolute Gasteiger partial charge is 0.418 e. The first-order chi connectivity index (χ1) is 15.2. The van der Waals surface area contributed by atoms with Gasteiger partial charge in [-0.05, 0) is 50.4 Å². The van der Waals surface area contributed by atoms with Crippen molar-refractivity contribution in [2.45, 2.75) is 38.3 Å². The SMILES string of the molecule is CN(CC(=O)Nc1ccccc1C(F)(F)F)CC(=O)Nc1sc2c(c1C#N)CCCCC2. The van der Waals surface area contributed by atoms with Gasteiger partial charge in [0.1, 0.15) is 11.1 Å². The molecule has 0 unspecified atom stereocenters. The minimum absolute atomic E-state index is 0.151. The van der Waals surface area contributed by atoms with Crippen molar-refractivity contribution in [3.63, 3.8) is 0 Å². The summed E-state index contributed by atoms with van der Waals surface area (Å²) in [4.78, 5) is 27.2. The third-order valence-corrected chi connectivity index (χ3v) is 6.33. The first-order valence-electron chi connectivity index (χ1n) is 10.2. The van der Waals surface area contributed by atoms with E-state index in [1.807, 2.05) is 0 Å². The lowest BCUT2D eigenvalue weighted by atomic mass is 10.1. The lowest BCUT2D eigenvalue weighted by Crippen LogP contribution is -2.36. The minimum Gasteiger partial charge on any atom is -0.324 e. The fourth-order valence-corrected chi connectivity index (χ4v) is 4.95. The highest BCUT2D eigenvalue weighted by atomic mass is 32.1. The number of nitrogens with one attached hydrogen (secondary N) is 2. The van der Waals surface area contributed by atoms with Crippen molar-refractivity contribution in [1.29, 1.82) is 5.26 Å². The normalized spacial score (nSPS) is 13.8. The van der Waals surface area contributed by atoms with E-state index in [1.165, 1.54) is 41.5 Å². The molecular formula is C22H23F3N4O2S. The van der Waals surface area contributed by atoms with Crippen molar-refractivity contribution >= 4 is 33.8 Å². The molecule has 1 aromatic heterocycles. The number of thiophene rings is 1. The Kier molecular flexibility index (Phi) is 7.53. The molecule has 1 aromatic carbocycles. The Morgan fingerprint density at radius 2 is 1.75 bits per heavy atom. The fraction of sp³-hybridized carbons (Fsp3) is 0.409. The first kappa shape index (κ1) is 23.8. The van der Waals surface area contributed by atoms with Crippen LogP contribution < -0.4 is 10.6 Å². The molecular weight excluding hydrogens is 441 g/mol. The Morgan fingerprint density at radius 3 is 2.44 bits per heavy atom. The number of halogens is 3. The molecule has 0 aliphatic heterocycles. The van der Waals surface area contributed by atoms with E-state index in [-0.39, 0.29) is 18.8 Å². The fourth-order valence-electron chi connectivity index (χ4n) is 3.69. The summed E-state index contributed by atoms with van der Waals surface area (Å²) in [7, 11) is 1.52. The number of likely N-dealkylation sites (N-methyl/N-ethyl adjacent to an activating group) is 1. The number of aryl methyl sites for hydroxylation is 1. The van der Waals surface area contributed by atoms with Crippen LogP contribution in [-0.2, 0) is 28.6 Å². The maximum Gasteiger partial charge on any atom is 0.418 e. The van der Waals surface area contributed by atoms with Crippen molar-refractivity contribution in [2.75, 3.05) is 30.8 Å². The Balaban J connectivity index is 1.58. The lowest BCUT2D eigenvalue weighted by Gasteiger charge is -2.17. The quantitative estimate of drug-likeness (QED) is 0.620. The zero-order chi connectivity index (χ0) is 23.3. The summed E-state index contributed by atoms with van der Waals surface area (Å²) >= 11 is 1.42. The molecule has 2 N–H and O–H groups in total. The Hall–Kier alpha value is -2.90. The van der Waals surface area contributed by atoms with Gasteiger partial charge in [0.15, 0.2) is 0 Å². The second-order valence-electron chi connectivity index (χ2n) is 7.69. The predicted molar refractivity (Wildman–Crippen MR) is 116 cm³/mol. The van der Waals surface area contributed by atoms with Crippen LogP contribution in [-0.4, -0.2) is 36.9 Å². The lowest BCUT2D eigenvalue weighted by molar-refractivity contribution is -0.137. The number of hydrogen-bond donors (Lipinski definition) is 2. The summed E-state index contributed by atoms with van der Waals surface area (Å²) in [6.45, 7) is -0.423. The van der Waals surface area contributed by atoms with E-state index >= 15 is 0 Å². The van der Waals surface area contributed by atoms with Crippen molar-refractivity contribution in [1.82, 2.24) is 4.90 Å². The van der Waals surface area contributed by atoms with Gasteiger partial charge in [0.2, 0.25) is 11.8 Å². The highest BCUT2D eigenvalue weighted by Gasteiger charge is 2.33. The van der Waals surface area contributed by atoms with Crippen LogP contribution in [0.4, 0.5) is 23.9 Å². The van der Waals surface area contributed by atoms with Gasteiger partial charge in [-0.2, -0.15) is 18.4 Å². The van der Waals surface area contributed by atoms with E-state index in [0.29, 0.717) is 10.6 Å². The summed E-state index contributed by atoms with van der Waals surface area (Å²) in [5.74, 6) is -1.07. The van der Waals surface area contributed by atoms with E-state index in [4.69, 9.17) is 0 Å². The zero-order valence-electron chi connectivity index (χ0n) is 17.5. The molecule has 3 rings (SSSR count). The van der Waals surface area contributed by atoms with Gasteiger partial charge in [-0.15, -0.1) is 11.3 Å². The van der Waals surface area contributed by atoms with Crippen LogP contribution in [0, 0.1) is 11.3 Å².